The van der Waals surface area contributed by atoms with E-state index in [2.05, 4.69) is 30.8 Å². The van der Waals surface area contributed by atoms with Gasteiger partial charge in [0.25, 0.3) is 0 Å². The zero-order chi connectivity index (χ0) is 15.9. The zero-order valence-electron chi connectivity index (χ0n) is 13.5. The Morgan fingerprint density at radius 2 is 1.76 bits per heavy atom. The summed E-state index contributed by atoms with van der Waals surface area (Å²) in [5.41, 5.74) is 0.669. The molecule has 1 rings (SSSR count). The van der Waals surface area contributed by atoms with Crippen LogP contribution in [0.4, 0.5) is 5.69 Å². The van der Waals surface area contributed by atoms with Crippen LogP contribution in [0.3, 0.4) is 0 Å². The van der Waals surface area contributed by atoms with Crippen LogP contribution in [-0.2, 0) is 10.0 Å². The first-order chi connectivity index (χ1) is 9.86. The van der Waals surface area contributed by atoms with Gasteiger partial charge in [0.05, 0.1) is 5.69 Å². The second-order valence-electron chi connectivity index (χ2n) is 5.92. The summed E-state index contributed by atoms with van der Waals surface area (Å²) in [5, 5.41) is 3.17. The highest BCUT2D eigenvalue weighted by Crippen LogP contribution is 2.21. The quantitative estimate of drug-likeness (QED) is 0.732. The van der Waals surface area contributed by atoms with Crippen LogP contribution in [0.5, 0.6) is 0 Å². The van der Waals surface area contributed by atoms with Crippen molar-refractivity contribution in [3.63, 3.8) is 0 Å². The molecule has 5 heteroatoms. The monoisotopic (exact) mass is 312 g/mol. The van der Waals surface area contributed by atoms with E-state index in [-0.39, 0.29) is 6.04 Å². The number of rotatable bonds is 9. The average Bonchev–Trinajstić information content (AvgIpc) is 2.42. The van der Waals surface area contributed by atoms with Crippen LogP contribution in [0, 0.1) is 5.92 Å². The number of hydrogen-bond donors (Lipinski definition) is 2. The smallest absolute Gasteiger partial charge is 0.242 e. The maximum Gasteiger partial charge on any atom is 0.242 e. The highest BCUT2D eigenvalue weighted by atomic mass is 32.2. The summed E-state index contributed by atoms with van der Waals surface area (Å²) in [7, 11) is -3.48. The zero-order valence-corrected chi connectivity index (χ0v) is 14.3. The molecular formula is C16H28N2O2S. The minimum absolute atomic E-state index is 0.0587. The number of hydrogen-bond acceptors (Lipinski definition) is 3. The van der Waals surface area contributed by atoms with Crippen LogP contribution < -0.4 is 10.0 Å². The van der Waals surface area contributed by atoms with E-state index in [1.807, 2.05) is 19.1 Å². The van der Waals surface area contributed by atoms with E-state index in [0.717, 1.165) is 25.8 Å². The third kappa shape index (κ3) is 6.06. The molecule has 120 valence electrons. The molecule has 0 aliphatic carbocycles. The van der Waals surface area contributed by atoms with Crippen molar-refractivity contribution >= 4 is 15.7 Å². The van der Waals surface area contributed by atoms with Gasteiger partial charge in [-0.3, -0.25) is 0 Å². The number of nitrogens with one attached hydrogen (secondary N) is 2. The second-order valence-corrected chi connectivity index (χ2v) is 7.60. The van der Waals surface area contributed by atoms with E-state index in [1.165, 1.54) is 0 Å². The highest BCUT2D eigenvalue weighted by Gasteiger charge is 2.20. The van der Waals surface area contributed by atoms with Gasteiger partial charge in [0.15, 0.2) is 0 Å². The molecule has 0 spiro atoms. The fraction of sp³-hybridized carbons (Fsp3) is 0.625. The summed E-state index contributed by atoms with van der Waals surface area (Å²) in [6.07, 6.45) is 2.81. The standard InChI is InChI=1S/C16H28N2O2S/c1-5-12-17-15-8-6-7-9-16(15)21(19,20)18-14(4)11-10-13(2)3/h6-9,13-14,17-18H,5,10-12H2,1-4H3. The lowest BCUT2D eigenvalue weighted by Crippen LogP contribution is -2.33. The Kier molecular flexibility index (Phi) is 7.18. The first-order valence-corrected chi connectivity index (χ1v) is 9.20. The van der Waals surface area contributed by atoms with Gasteiger partial charge in [0, 0.05) is 12.6 Å². The SMILES string of the molecule is CCCNc1ccccc1S(=O)(=O)NC(C)CCC(C)C. The largest absolute Gasteiger partial charge is 0.384 e. The van der Waals surface area contributed by atoms with Crippen molar-refractivity contribution in [2.24, 2.45) is 5.92 Å². The molecule has 0 amide bonds. The molecule has 1 aromatic rings. The third-order valence-corrected chi connectivity index (χ3v) is 4.92. The maximum atomic E-state index is 12.5. The molecule has 0 saturated heterocycles. The molecule has 0 aliphatic heterocycles. The van der Waals surface area contributed by atoms with Crippen LogP contribution >= 0.6 is 0 Å². The molecule has 2 N–H and O–H groups in total. The first kappa shape index (κ1) is 18.0. The van der Waals surface area contributed by atoms with Gasteiger partial charge >= 0.3 is 0 Å². The Hall–Kier alpha value is -1.07. The van der Waals surface area contributed by atoms with E-state index in [4.69, 9.17) is 0 Å². The molecule has 0 heterocycles. The van der Waals surface area contributed by atoms with Crippen LogP contribution in [0.15, 0.2) is 29.2 Å². The topological polar surface area (TPSA) is 58.2 Å². The lowest BCUT2D eigenvalue weighted by molar-refractivity contribution is 0.485. The van der Waals surface area contributed by atoms with Crippen LogP contribution in [0.1, 0.15) is 47.0 Å². The minimum atomic E-state index is -3.48. The highest BCUT2D eigenvalue weighted by molar-refractivity contribution is 7.89. The van der Waals surface area contributed by atoms with Gasteiger partial charge in [0.2, 0.25) is 10.0 Å². The second kappa shape index (κ2) is 8.39. The summed E-state index contributed by atoms with van der Waals surface area (Å²) < 4.78 is 27.8. The normalized spacial score (nSPS) is 13.4. The van der Waals surface area contributed by atoms with Crippen LogP contribution in [0.25, 0.3) is 0 Å². The molecule has 0 bridgehead atoms. The van der Waals surface area contributed by atoms with Crippen molar-refractivity contribution in [1.82, 2.24) is 4.72 Å². The maximum absolute atomic E-state index is 12.5. The van der Waals surface area contributed by atoms with Crippen LogP contribution in [0.2, 0.25) is 0 Å². The molecule has 0 saturated carbocycles. The van der Waals surface area contributed by atoms with Crippen molar-refractivity contribution in [1.29, 1.82) is 0 Å². The van der Waals surface area contributed by atoms with E-state index < -0.39 is 10.0 Å². The van der Waals surface area contributed by atoms with Gasteiger partial charge in [-0.05, 0) is 44.2 Å². The summed E-state index contributed by atoms with van der Waals surface area (Å²) in [6.45, 7) is 9.02. The van der Waals surface area contributed by atoms with Crippen molar-refractivity contribution in [2.75, 3.05) is 11.9 Å². The van der Waals surface area contributed by atoms with Crippen molar-refractivity contribution in [2.45, 2.75) is 57.9 Å². The molecule has 1 atom stereocenters. The van der Waals surface area contributed by atoms with E-state index in [1.54, 1.807) is 12.1 Å². The summed E-state index contributed by atoms with van der Waals surface area (Å²) >= 11 is 0. The van der Waals surface area contributed by atoms with Crippen LogP contribution in [-0.4, -0.2) is 21.0 Å². The Bertz CT molecular complexity index is 527. The molecule has 4 nitrogen and oxygen atoms in total. The van der Waals surface area contributed by atoms with Gasteiger partial charge in [-0.25, -0.2) is 13.1 Å². The van der Waals surface area contributed by atoms with Crippen molar-refractivity contribution < 1.29 is 8.42 Å². The molecule has 0 fully saturated rings. The lowest BCUT2D eigenvalue weighted by atomic mass is 10.1. The van der Waals surface area contributed by atoms with E-state index in [0.29, 0.717) is 16.5 Å². The van der Waals surface area contributed by atoms with E-state index >= 15 is 0 Å². The molecule has 0 aromatic heterocycles. The first-order valence-electron chi connectivity index (χ1n) is 7.72. The molecule has 1 unspecified atom stereocenters. The molecule has 1 aromatic carbocycles. The molecular weight excluding hydrogens is 284 g/mol. The fourth-order valence-electron chi connectivity index (χ4n) is 2.08. The lowest BCUT2D eigenvalue weighted by Gasteiger charge is -2.17. The predicted molar refractivity (Wildman–Crippen MR) is 89.1 cm³/mol. The summed E-state index contributed by atoms with van der Waals surface area (Å²) in [6, 6.07) is 7.00. The van der Waals surface area contributed by atoms with Gasteiger partial charge < -0.3 is 5.32 Å². The number of anilines is 1. The van der Waals surface area contributed by atoms with Gasteiger partial charge in [-0.15, -0.1) is 0 Å². The van der Waals surface area contributed by atoms with Crippen molar-refractivity contribution in [3.05, 3.63) is 24.3 Å². The van der Waals surface area contributed by atoms with Gasteiger partial charge in [-0.1, -0.05) is 32.9 Å². The number of para-hydroxylation sites is 1. The molecule has 0 aliphatic rings. The average molecular weight is 312 g/mol. The molecule has 0 radical (unpaired) electrons. The summed E-state index contributed by atoms with van der Waals surface area (Å²) in [4.78, 5) is 0.329. The Morgan fingerprint density at radius 3 is 2.38 bits per heavy atom. The molecule has 21 heavy (non-hydrogen) atoms. The summed E-state index contributed by atoms with van der Waals surface area (Å²) in [5.74, 6) is 0.579. The Balaban J connectivity index is 2.82. The fourth-order valence-corrected chi connectivity index (χ4v) is 3.54. The van der Waals surface area contributed by atoms with Gasteiger partial charge in [-0.2, -0.15) is 0 Å². The minimum Gasteiger partial charge on any atom is -0.384 e. The van der Waals surface area contributed by atoms with E-state index in [9.17, 15) is 8.42 Å². The van der Waals surface area contributed by atoms with Crippen molar-refractivity contribution in [3.8, 4) is 0 Å². The predicted octanol–water partition coefficient (Wildman–Crippen LogP) is 3.61. The third-order valence-electron chi connectivity index (χ3n) is 3.28. The number of sulfonamides is 1. The Labute approximate surface area is 129 Å². The number of benzene rings is 1. The Morgan fingerprint density at radius 1 is 1.10 bits per heavy atom. The van der Waals surface area contributed by atoms with Gasteiger partial charge in [0.1, 0.15) is 4.90 Å².